The molecule has 22 heavy (non-hydrogen) atoms. The van der Waals surface area contributed by atoms with Gasteiger partial charge in [0.2, 0.25) is 5.91 Å². The van der Waals surface area contributed by atoms with E-state index in [1.165, 1.54) is 12.8 Å². The normalized spacial score (nSPS) is 15.4. The summed E-state index contributed by atoms with van der Waals surface area (Å²) < 4.78 is 4.05. The molecule has 6 heteroatoms. The first kappa shape index (κ1) is 14.8. The maximum atomic E-state index is 12.1. The van der Waals surface area contributed by atoms with E-state index in [4.69, 9.17) is 0 Å². The van der Waals surface area contributed by atoms with Gasteiger partial charge in [-0.2, -0.15) is 5.10 Å². The number of rotatable bonds is 5. The Morgan fingerprint density at radius 1 is 1.45 bits per heavy atom. The summed E-state index contributed by atoms with van der Waals surface area (Å²) in [5.41, 5.74) is 0.843. The van der Waals surface area contributed by atoms with Crippen LogP contribution in [0.3, 0.4) is 0 Å². The lowest BCUT2D eigenvalue weighted by Crippen LogP contribution is -2.15. The minimum atomic E-state index is -0.0650. The maximum Gasteiger partial charge on any atom is 0.231 e. The molecule has 0 saturated carbocycles. The number of imidazole rings is 1. The van der Waals surface area contributed by atoms with Crippen LogP contribution in [0.15, 0.2) is 18.5 Å². The highest BCUT2D eigenvalue weighted by Gasteiger charge is 2.15. The second-order valence-corrected chi connectivity index (χ2v) is 5.96. The maximum absolute atomic E-state index is 12.1. The summed E-state index contributed by atoms with van der Waals surface area (Å²) >= 11 is 0. The van der Waals surface area contributed by atoms with Crippen LogP contribution in [0.4, 0.5) is 5.82 Å². The molecule has 2 aromatic rings. The fourth-order valence-corrected chi connectivity index (χ4v) is 2.75. The largest absolute Gasteiger partial charge is 0.335 e. The van der Waals surface area contributed by atoms with Crippen molar-refractivity contribution in [3.8, 4) is 0 Å². The van der Waals surface area contributed by atoms with Gasteiger partial charge in [0, 0.05) is 37.5 Å². The molecule has 6 nitrogen and oxygen atoms in total. The van der Waals surface area contributed by atoms with Gasteiger partial charge in [-0.1, -0.05) is 6.92 Å². The molecule has 1 aliphatic rings. The highest BCUT2D eigenvalue weighted by molar-refractivity contribution is 5.91. The summed E-state index contributed by atoms with van der Waals surface area (Å²) in [7, 11) is 0. The van der Waals surface area contributed by atoms with Crippen LogP contribution < -0.4 is 5.32 Å². The molecule has 0 aliphatic carbocycles. The number of anilines is 1. The molecule has 3 rings (SSSR count). The third-order valence-corrected chi connectivity index (χ3v) is 4.22. The SMILES string of the molecule is CCC(C)n1ccc(NC(=O)Cc2cn3c(n2)CCCC3)n1. The van der Waals surface area contributed by atoms with Crippen LogP contribution in [-0.4, -0.2) is 25.2 Å². The molecule has 1 aliphatic heterocycles. The van der Waals surface area contributed by atoms with Crippen LogP contribution in [0.2, 0.25) is 0 Å². The predicted octanol–water partition coefficient (Wildman–Crippen LogP) is 2.57. The lowest BCUT2D eigenvalue weighted by molar-refractivity contribution is -0.115. The minimum Gasteiger partial charge on any atom is -0.335 e. The van der Waals surface area contributed by atoms with Crippen molar-refractivity contribution in [2.75, 3.05) is 5.32 Å². The van der Waals surface area contributed by atoms with E-state index in [0.717, 1.165) is 30.9 Å². The zero-order chi connectivity index (χ0) is 15.5. The van der Waals surface area contributed by atoms with Crippen molar-refractivity contribution in [2.24, 2.45) is 0 Å². The van der Waals surface area contributed by atoms with Crippen LogP contribution in [0.25, 0.3) is 0 Å². The first-order valence-corrected chi connectivity index (χ1v) is 8.05. The lowest BCUT2D eigenvalue weighted by Gasteiger charge is -2.11. The fourth-order valence-electron chi connectivity index (χ4n) is 2.75. The molecule has 0 saturated heterocycles. The van der Waals surface area contributed by atoms with Crippen LogP contribution in [0.1, 0.15) is 50.7 Å². The average molecular weight is 301 g/mol. The zero-order valence-electron chi connectivity index (χ0n) is 13.2. The van der Waals surface area contributed by atoms with E-state index >= 15 is 0 Å². The number of hydrogen-bond acceptors (Lipinski definition) is 3. The second-order valence-electron chi connectivity index (χ2n) is 5.96. The molecule has 0 spiro atoms. The van der Waals surface area contributed by atoms with Crippen molar-refractivity contribution in [3.63, 3.8) is 0 Å². The van der Waals surface area contributed by atoms with Crippen molar-refractivity contribution in [3.05, 3.63) is 30.0 Å². The molecule has 1 atom stereocenters. The fraction of sp³-hybridized carbons (Fsp3) is 0.562. The molecule has 0 bridgehead atoms. The van der Waals surface area contributed by atoms with E-state index in [1.807, 2.05) is 23.1 Å². The zero-order valence-corrected chi connectivity index (χ0v) is 13.2. The van der Waals surface area contributed by atoms with Crippen LogP contribution in [0, 0.1) is 0 Å². The van der Waals surface area contributed by atoms with E-state index in [-0.39, 0.29) is 5.91 Å². The van der Waals surface area contributed by atoms with Crippen molar-refractivity contribution >= 4 is 11.7 Å². The van der Waals surface area contributed by atoms with E-state index < -0.39 is 0 Å². The summed E-state index contributed by atoms with van der Waals surface area (Å²) in [5.74, 6) is 1.65. The monoisotopic (exact) mass is 301 g/mol. The molecule has 118 valence electrons. The Hall–Kier alpha value is -2.11. The number of nitrogens with zero attached hydrogens (tertiary/aromatic N) is 4. The van der Waals surface area contributed by atoms with Gasteiger partial charge in [-0.25, -0.2) is 4.98 Å². The van der Waals surface area contributed by atoms with Gasteiger partial charge in [0.1, 0.15) is 5.82 Å². The number of carbonyl (C=O) groups excluding carboxylic acids is 1. The third kappa shape index (κ3) is 3.21. The Morgan fingerprint density at radius 3 is 3.09 bits per heavy atom. The van der Waals surface area contributed by atoms with Gasteiger partial charge in [0.25, 0.3) is 0 Å². The highest BCUT2D eigenvalue weighted by atomic mass is 16.1. The number of nitrogens with one attached hydrogen (secondary N) is 1. The lowest BCUT2D eigenvalue weighted by atomic mass is 10.2. The number of aryl methyl sites for hydroxylation is 2. The molecule has 3 heterocycles. The standard InChI is InChI=1S/C16H23N5O/c1-3-12(2)21-9-7-14(19-21)18-16(22)10-13-11-20-8-5-4-6-15(20)17-13/h7,9,11-12H,3-6,8,10H2,1-2H3,(H,18,19,22). The van der Waals surface area contributed by atoms with Crippen LogP contribution in [-0.2, 0) is 24.2 Å². The Kier molecular flexibility index (Phi) is 4.27. The van der Waals surface area contributed by atoms with Crippen LogP contribution in [0.5, 0.6) is 0 Å². The number of hydrogen-bond donors (Lipinski definition) is 1. The molecule has 1 N–H and O–H groups in total. The Morgan fingerprint density at radius 2 is 2.32 bits per heavy atom. The summed E-state index contributed by atoms with van der Waals surface area (Å²) in [6, 6.07) is 2.17. The number of aromatic nitrogens is 4. The number of carbonyl (C=O) groups is 1. The molecular weight excluding hydrogens is 278 g/mol. The first-order chi connectivity index (χ1) is 10.7. The van der Waals surface area contributed by atoms with Crippen molar-refractivity contribution < 1.29 is 4.79 Å². The molecular formula is C16H23N5O. The van der Waals surface area contributed by atoms with E-state index in [0.29, 0.717) is 18.3 Å². The van der Waals surface area contributed by atoms with Crippen LogP contribution >= 0.6 is 0 Å². The minimum absolute atomic E-state index is 0.0650. The first-order valence-electron chi connectivity index (χ1n) is 8.05. The third-order valence-electron chi connectivity index (χ3n) is 4.22. The van der Waals surface area contributed by atoms with E-state index in [2.05, 4.69) is 33.8 Å². The summed E-state index contributed by atoms with van der Waals surface area (Å²) in [6.07, 6.45) is 8.62. The molecule has 0 radical (unpaired) electrons. The smallest absolute Gasteiger partial charge is 0.231 e. The number of fused-ring (bicyclic) bond motifs is 1. The topological polar surface area (TPSA) is 64.7 Å². The van der Waals surface area contributed by atoms with Gasteiger partial charge in [0.15, 0.2) is 5.82 Å². The molecule has 1 unspecified atom stereocenters. The van der Waals surface area contributed by atoms with Gasteiger partial charge in [0.05, 0.1) is 12.1 Å². The Bertz CT molecular complexity index is 634. The van der Waals surface area contributed by atoms with Gasteiger partial charge in [-0.3, -0.25) is 9.48 Å². The Balaban J connectivity index is 1.60. The molecule has 1 amide bonds. The van der Waals surface area contributed by atoms with Gasteiger partial charge < -0.3 is 9.88 Å². The molecule has 0 aromatic carbocycles. The quantitative estimate of drug-likeness (QED) is 0.923. The average Bonchev–Trinajstić information content (AvgIpc) is 3.12. The molecule has 0 fully saturated rings. The summed E-state index contributed by atoms with van der Waals surface area (Å²) in [4.78, 5) is 16.7. The summed E-state index contributed by atoms with van der Waals surface area (Å²) in [6.45, 7) is 5.24. The Labute approximate surface area is 130 Å². The second kappa shape index (κ2) is 6.34. The van der Waals surface area contributed by atoms with Crippen molar-refractivity contribution in [1.82, 2.24) is 19.3 Å². The predicted molar refractivity (Wildman–Crippen MR) is 84.7 cm³/mol. The van der Waals surface area contributed by atoms with Crippen molar-refractivity contribution in [1.29, 1.82) is 0 Å². The summed E-state index contributed by atoms with van der Waals surface area (Å²) in [5, 5.41) is 7.24. The molecule has 2 aromatic heterocycles. The van der Waals surface area contributed by atoms with Gasteiger partial charge in [-0.05, 0) is 26.2 Å². The van der Waals surface area contributed by atoms with Gasteiger partial charge in [-0.15, -0.1) is 0 Å². The number of amides is 1. The highest BCUT2D eigenvalue weighted by Crippen LogP contribution is 2.15. The van der Waals surface area contributed by atoms with Crippen molar-refractivity contribution in [2.45, 2.75) is 58.5 Å². The van der Waals surface area contributed by atoms with Gasteiger partial charge >= 0.3 is 0 Å². The van der Waals surface area contributed by atoms with E-state index in [1.54, 1.807) is 0 Å². The van der Waals surface area contributed by atoms with E-state index in [9.17, 15) is 4.79 Å².